The number of aromatic nitrogens is 1. The molecule has 1 aromatic rings. The van der Waals surface area contributed by atoms with Crippen LogP contribution in [0.2, 0.25) is 0 Å². The second-order valence-corrected chi connectivity index (χ2v) is 3.14. The summed E-state index contributed by atoms with van der Waals surface area (Å²) >= 11 is 0. The number of halogens is 1. The van der Waals surface area contributed by atoms with Crippen molar-refractivity contribution in [3.63, 3.8) is 0 Å². The van der Waals surface area contributed by atoms with Crippen LogP contribution in [0.15, 0.2) is 36.3 Å². The summed E-state index contributed by atoms with van der Waals surface area (Å²) in [5, 5.41) is 0. The molecule has 15 heavy (non-hydrogen) atoms. The topological polar surface area (TPSA) is 38.9 Å². The van der Waals surface area contributed by atoms with E-state index in [0.29, 0.717) is 17.8 Å². The zero-order chi connectivity index (χ0) is 11.3. The van der Waals surface area contributed by atoms with Gasteiger partial charge in [-0.1, -0.05) is 19.1 Å². The number of hydrogen-bond acceptors (Lipinski definition) is 2. The number of hydrogen-bond donors (Lipinski definition) is 1. The van der Waals surface area contributed by atoms with Gasteiger partial charge in [-0.05, 0) is 31.0 Å². The van der Waals surface area contributed by atoms with Crippen molar-refractivity contribution in [2.45, 2.75) is 20.3 Å². The molecule has 0 spiro atoms. The molecule has 0 aliphatic carbocycles. The van der Waals surface area contributed by atoms with Crippen molar-refractivity contribution < 1.29 is 4.39 Å². The van der Waals surface area contributed by atoms with Gasteiger partial charge < -0.3 is 5.73 Å². The number of nitrogen functional groups attached to an aromatic ring is 1. The lowest BCUT2D eigenvalue weighted by Gasteiger charge is -2.05. The van der Waals surface area contributed by atoms with Crippen molar-refractivity contribution >= 4 is 11.4 Å². The second-order valence-electron chi connectivity index (χ2n) is 3.14. The molecule has 3 heteroatoms. The van der Waals surface area contributed by atoms with Gasteiger partial charge in [-0.15, -0.1) is 0 Å². The molecule has 0 aromatic carbocycles. The van der Waals surface area contributed by atoms with Gasteiger partial charge in [0.25, 0.3) is 0 Å². The van der Waals surface area contributed by atoms with Crippen LogP contribution in [0.1, 0.15) is 25.8 Å². The van der Waals surface area contributed by atoms with Gasteiger partial charge in [-0.25, -0.2) is 9.37 Å². The SMILES string of the molecule is C/C=C\C(=C(\F)CC)c1ccnc(N)c1. The molecule has 0 amide bonds. The van der Waals surface area contributed by atoms with Crippen LogP contribution in [0.25, 0.3) is 5.57 Å². The third kappa shape index (κ3) is 2.91. The minimum atomic E-state index is -0.140. The van der Waals surface area contributed by atoms with E-state index in [9.17, 15) is 4.39 Å². The first kappa shape index (κ1) is 11.4. The van der Waals surface area contributed by atoms with Crippen molar-refractivity contribution in [2.75, 3.05) is 5.73 Å². The van der Waals surface area contributed by atoms with Crippen LogP contribution in [0, 0.1) is 0 Å². The number of anilines is 1. The highest BCUT2D eigenvalue weighted by Crippen LogP contribution is 2.23. The van der Waals surface area contributed by atoms with E-state index in [-0.39, 0.29) is 5.83 Å². The fourth-order valence-electron chi connectivity index (χ4n) is 1.32. The Morgan fingerprint density at radius 1 is 1.60 bits per heavy atom. The summed E-state index contributed by atoms with van der Waals surface area (Å²) in [7, 11) is 0. The molecule has 80 valence electrons. The van der Waals surface area contributed by atoms with Crippen LogP contribution >= 0.6 is 0 Å². The van der Waals surface area contributed by atoms with E-state index in [1.807, 2.05) is 6.92 Å². The highest BCUT2D eigenvalue weighted by molar-refractivity contribution is 5.76. The molecule has 0 saturated heterocycles. The fraction of sp³-hybridized carbons (Fsp3) is 0.250. The minimum Gasteiger partial charge on any atom is -0.384 e. The maximum atomic E-state index is 13.6. The second kappa shape index (κ2) is 5.29. The number of nitrogens with two attached hydrogens (primary N) is 1. The van der Waals surface area contributed by atoms with Crippen LogP contribution in [0.3, 0.4) is 0 Å². The van der Waals surface area contributed by atoms with Gasteiger partial charge in [0.15, 0.2) is 0 Å². The van der Waals surface area contributed by atoms with Crippen LogP contribution in [0.5, 0.6) is 0 Å². The van der Waals surface area contributed by atoms with E-state index in [1.165, 1.54) is 0 Å². The fourth-order valence-corrected chi connectivity index (χ4v) is 1.32. The third-order valence-electron chi connectivity index (χ3n) is 2.03. The zero-order valence-corrected chi connectivity index (χ0v) is 9.00. The molecule has 1 rings (SSSR count). The predicted molar refractivity (Wildman–Crippen MR) is 61.8 cm³/mol. The monoisotopic (exact) mass is 206 g/mol. The Kier molecular flexibility index (Phi) is 4.03. The Bertz CT molecular complexity index is 394. The maximum absolute atomic E-state index is 13.6. The minimum absolute atomic E-state index is 0.140. The maximum Gasteiger partial charge on any atom is 0.123 e. The average molecular weight is 206 g/mol. The van der Waals surface area contributed by atoms with E-state index in [1.54, 1.807) is 37.4 Å². The van der Waals surface area contributed by atoms with Crippen molar-refractivity contribution in [1.82, 2.24) is 4.98 Å². The van der Waals surface area contributed by atoms with Gasteiger partial charge >= 0.3 is 0 Å². The number of pyridine rings is 1. The van der Waals surface area contributed by atoms with E-state index >= 15 is 0 Å². The van der Waals surface area contributed by atoms with E-state index in [4.69, 9.17) is 5.73 Å². The summed E-state index contributed by atoms with van der Waals surface area (Å²) < 4.78 is 13.6. The molecule has 0 bridgehead atoms. The smallest absolute Gasteiger partial charge is 0.123 e. The largest absolute Gasteiger partial charge is 0.384 e. The van der Waals surface area contributed by atoms with Crippen LogP contribution in [0.4, 0.5) is 10.2 Å². The first-order chi connectivity index (χ1) is 7.19. The lowest BCUT2D eigenvalue weighted by atomic mass is 10.0. The standard InChI is InChI=1S/C12H15FN2/c1-3-5-10(11(13)4-2)9-6-7-15-12(14)8-9/h3,5-8H,4H2,1-2H3,(H2,14,15)/b5-3-,11-10-. The molecular formula is C12H15FN2. The van der Waals surface area contributed by atoms with Gasteiger partial charge in [-0.3, -0.25) is 0 Å². The van der Waals surface area contributed by atoms with Crippen LogP contribution < -0.4 is 5.73 Å². The first-order valence-corrected chi connectivity index (χ1v) is 4.92. The quantitative estimate of drug-likeness (QED) is 0.770. The summed E-state index contributed by atoms with van der Waals surface area (Å²) in [5.74, 6) is 0.261. The normalized spacial score (nSPS) is 13.0. The van der Waals surface area contributed by atoms with E-state index in [0.717, 1.165) is 5.56 Å². The third-order valence-corrected chi connectivity index (χ3v) is 2.03. The summed E-state index contributed by atoms with van der Waals surface area (Å²) in [6.45, 7) is 3.64. The molecule has 0 saturated carbocycles. The Hall–Kier alpha value is -1.64. The molecule has 2 N–H and O–H groups in total. The summed E-state index contributed by atoms with van der Waals surface area (Å²) in [6.07, 6.45) is 5.51. The lowest BCUT2D eigenvalue weighted by Crippen LogP contribution is -1.92. The first-order valence-electron chi connectivity index (χ1n) is 4.92. The highest BCUT2D eigenvalue weighted by Gasteiger charge is 2.05. The molecule has 1 aromatic heterocycles. The zero-order valence-electron chi connectivity index (χ0n) is 9.00. The molecule has 0 fully saturated rings. The number of rotatable bonds is 3. The Labute approximate surface area is 89.3 Å². The molecule has 2 nitrogen and oxygen atoms in total. The van der Waals surface area contributed by atoms with Gasteiger partial charge in [0.1, 0.15) is 11.6 Å². The summed E-state index contributed by atoms with van der Waals surface area (Å²) in [5.41, 5.74) is 6.90. The van der Waals surface area contributed by atoms with Gasteiger partial charge in [0.2, 0.25) is 0 Å². The molecular weight excluding hydrogens is 191 g/mol. The van der Waals surface area contributed by atoms with Crippen LogP contribution in [-0.4, -0.2) is 4.98 Å². The molecule has 1 heterocycles. The van der Waals surface area contributed by atoms with Crippen LogP contribution in [-0.2, 0) is 0 Å². The van der Waals surface area contributed by atoms with Crippen molar-refractivity contribution in [2.24, 2.45) is 0 Å². The molecule has 0 aliphatic heterocycles. The average Bonchev–Trinajstić information content (AvgIpc) is 2.25. The summed E-state index contributed by atoms with van der Waals surface area (Å²) in [4.78, 5) is 3.88. The lowest BCUT2D eigenvalue weighted by molar-refractivity contribution is 0.609. The Morgan fingerprint density at radius 3 is 2.87 bits per heavy atom. The Balaban J connectivity index is 3.22. The van der Waals surface area contributed by atoms with Crippen molar-refractivity contribution in [3.8, 4) is 0 Å². The highest BCUT2D eigenvalue weighted by atomic mass is 19.1. The van der Waals surface area contributed by atoms with Gasteiger partial charge in [-0.2, -0.15) is 0 Å². The number of nitrogens with zero attached hydrogens (tertiary/aromatic N) is 1. The predicted octanol–water partition coefficient (Wildman–Crippen LogP) is 3.33. The van der Waals surface area contributed by atoms with Gasteiger partial charge in [0, 0.05) is 11.8 Å². The molecule has 0 atom stereocenters. The molecule has 0 unspecified atom stereocenters. The Morgan fingerprint density at radius 2 is 2.33 bits per heavy atom. The van der Waals surface area contributed by atoms with Gasteiger partial charge in [0.05, 0.1) is 0 Å². The summed E-state index contributed by atoms with van der Waals surface area (Å²) in [6, 6.07) is 3.42. The van der Waals surface area contributed by atoms with Crippen molar-refractivity contribution in [3.05, 3.63) is 41.9 Å². The van der Waals surface area contributed by atoms with E-state index < -0.39 is 0 Å². The van der Waals surface area contributed by atoms with E-state index in [2.05, 4.69) is 4.98 Å². The molecule has 0 radical (unpaired) electrons. The molecule has 0 aliphatic rings. The van der Waals surface area contributed by atoms with Crippen molar-refractivity contribution in [1.29, 1.82) is 0 Å². The number of allylic oxidation sites excluding steroid dienone is 4.